The molecular formula is C14H19BrN2O2S. The standard InChI is InChI=1S/C14H19BrN2O2S/c1-14(2)8-17(6-10(7-18)19-14)12-4-3-9(13(16)20)5-11(12)15/h3-5,10,18H,6-8H2,1-2H3,(H2,16,20). The molecule has 1 unspecified atom stereocenters. The van der Waals surface area contributed by atoms with Gasteiger partial charge in [0.15, 0.2) is 0 Å². The van der Waals surface area contributed by atoms with E-state index in [1.54, 1.807) is 0 Å². The molecular weight excluding hydrogens is 340 g/mol. The molecule has 0 amide bonds. The van der Waals surface area contributed by atoms with Gasteiger partial charge in [-0.05, 0) is 48.0 Å². The van der Waals surface area contributed by atoms with E-state index in [4.69, 9.17) is 22.7 Å². The summed E-state index contributed by atoms with van der Waals surface area (Å²) in [6.07, 6.45) is -0.180. The highest BCUT2D eigenvalue weighted by atomic mass is 79.9. The van der Waals surface area contributed by atoms with Gasteiger partial charge < -0.3 is 20.5 Å². The van der Waals surface area contributed by atoms with Gasteiger partial charge in [0.2, 0.25) is 0 Å². The van der Waals surface area contributed by atoms with Crippen molar-refractivity contribution < 1.29 is 9.84 Å². The number of hydrogen-bond donors (Lipinski definition) is 2. The topological polar surface area (TPSA) is 58.7 Å². The average Bonchev–Trinajstić information content (AvgIpc) is 2.36. The zero-order valence-corrected chi connectivity index (χ0v) is 14.0. The lowest BCUT2D eigenvalue weighted by atomic mass is 10.0. The van der Waals surface area contributed by atoms with E-state index in [1.165, 1.54) is 0 Å². The van der Waals surface area contributed by atoms with Crippen molar-refractivity contribution >= 4 is 38.8 Å². The number of hydrogen-bond acceptors (Lipinski definition) is 4. The van der Waals surface area contributed by atoms with Crippen molar-refractivity contribution in [3.8, 4) is 0 Å². The molecule has 0 aliphatic carbocycles. The van der Waals surface area contributed by atoms with Gasteiger partial charge in [-0.1, -0.05) is 12.2 Å². The summed E-state index contributed by atoms with van der Waals surface area (Å²) in [5.41, 5.74) is 7.23. The Labute approximate surface area is 133 Å². The van der Waals surface area contributed by atoms with E-state index in [2.05, 4.69) is 20.8 Å². The minimum absolute atomic E-state index is 0.0164. The van der Waals surface area contributed by atoms with Crippen LogP contribution >= 0.6 is 28.1 Å². The Kier molecular flexibility index (Phi) is 4.69. The van der Waals surface area contributed by atoms with Gasteiger partial charge in [-0.3, -0.25) is 0 Å². The van der Waals surface area contributed by atoms with Crippen LogP contribution in [0.5, 0.6) is 0 Å². The Hall–Kier alpha value is -0.690. The third-order valence-electron chi connectivity index (χ3n) is 3.26. The van der Waals surface area contributed by atoms with E-state index in [-0.39, 0.29) is 18.3 Å². The number of ether oxygens (including phenoxy) is 1. The van der Waals surface area contributed by atoms with Crippen LogP contribution in [-0.2, 0) is 4.74 Å². The van der Waals surface area contributed by atoms with E-state index in [0.717, 1.165) is 22.3 Å². The maximum atomic E-state index is 9.38. The smallest absolute Gasteiger partial charge is 0.104 e. The molecule has 2 rings (SSSR count). The van der Waals surface area contributed by atoms with Crippen LogP contribution in [0.15, 0.2) is 22.7 Å². The molecule has 110 valence electrons. The quantitative estimate of drug-likeness (QED) is 0.810. The van der Waals surface area contributed by atoms with E-state index in [9.17, 15) is 5.11 Å². The maximum Gasteiger partial charge on any atom is 0.104 e. The van der Waals surface area contributed by atoms with Crippen molar-refractivity contribution in [2.75, 3.05) is 24.6 Å². The predicted octanol–water partition coefficient (Wildman–Crippen LogP) is 2.06. The number of morpholine rings is 1. The fourth-order valence-electron chi connectivity index (χ4n) is 2.49. The molecule has 0 saturated carbocycles. The molecule has 1 fully saturated rings. The molecule has 4 nitrogen and oxygen atoms in total. The number of benzene rings is 1. The summed E-state index contributed by atoms with van der Waals surface area (Å²) in [7, 11) is 0. The van der Waals surface area contributed by atoms with Crippen LogP contribution in [0.3, 0.4) is 0 Å². The Morgan fingerprint density at radius 1 is 1.60 bits per heavy atom. The van der Waals surface area contributed by atoms with Gasteiger partial charge in [0.05, 0.1) is 24.0 Å². The first-order valence-electron chi connectivity index (χ1n) is 6.45. The summed E-state index contributed by atoms with van der Waals surface area (Å²) >= 11 is 8.56. The van der Waals surface area contributed by atoms with Crippen molar-refractivity contribution in [3.05, 3.63) is 28.2 Å². The Morgan fingerprint density at radius 2 is 2.30 bits per heavy atom. The van der Waals surface area contributed by atoms with Crippen LogP contribution in [0.25, 0.3) is 0 Å². The van der Waals surface area contributed by atoms with Gasteiger partial charge in [0.1, 0.15) is 4.99 Å². The number of anilines is 1. The van der Waals surface area contributed by atoms with Gasteiger partial charge in [0.25, 0.3) is 0 Å². The van der Waals surface area contributed by atoms with E-state index in [0.29, 0.717) is 11.5 Å². The molecule has 1 aromatic rings. The Bertz CT molecular complexity index is 522. The number of thiocarbonyl (C=S) groups is 1. The molecule has 1 atom stereocenters. The lowest BCUT2D eigenvalue weighted by Crippen LogP contribution is -2.54. The predicted molar refractivity (Wildman–Crippen MR) is 88.3 cm³/mol. The van der Waals surface area contributed by atoms with Crippen LogP contribution < -0.4 is 10.6 Å². The maximum absolute atomic E-state index is 9.38. The minimum Gasteiger partial charge on any atom is -0.394 e. The molecule has 3 N–H and O–H groups in total. The summed E-state index contributed by atoms with van der Waals surface area (Å²) in [6, 6.07) is 5.83. The van der Waals surface area contributed by atoms with Gasteiger partial charge in [0, 0.05) is 23.1 Å². The molecule has 0 spiro atoms. The molecule has 0 radical (unpaired) electrons. The van der Waals surface area contributed by atoms with Gasteiger partial charge >= 0.3 is 0 Å². The Morgan fingerprint density at radius 3 is 2.85 bits per heavy atom. The van der Waals surface area contributed by atoms with Crippen molar-refractivity contribution in [1.82, 2.24) is 0 Å². The van der Waals surface area contributed by atoms with Crippen molar-refractivity contribution in [3.63, 3.8) is 0 Å². The minimum atomic E-state index is -0.299. The third-order valence-corrected chi connectivity index (χ3v) is 4.13. The molecule has 6 heteroatoms. The SMILES string of the molecule is CC1(C)CN(c2ccc(C(N)=S)cc2Br)CC(CO)O1. The molecule has 1 aliphatic rings. The molecule has 1 saturated heterocycles. The van der Waals surface area contributed by atoms with Gasteiger partial charge in [-0.25, -0.2) is 0 Å². The van der Waals surface area contributed by atoms with Crippen molar-refractivity contribution in [2.24, 2.45) is 5.73 Å². The summed E-state index contributed by atoms with van der Waals surface area (Å²) in [5.74, 6) is 0. The second kappa shape index (κ2) is 5.97. The molecule has 1 aromatic carbocycles. The molecule has 0 bridgehead atoms. The number of aliphatic hydroxyl groups excluding tert-OH is 1. The van der Waals surface area contributed by atoms with Crippen molar-refractivity contribution in [2.45, 2.75) is 25.6 Å². The van der Waals surface area contributed by atoms with E-state index < -0.39 is 0 Å². The molecule has 1 heterocycles. The van der Waals surface area contributed by atoms with Crippen LogP contribution in [0.2, 0.25) is 0 Å². The summed E-state index contributed by atoms with van der Waals surface area (Å²) in [5, 5.41) is 9.38. The fourth-order valence-corrected chi connectivity index (χ4v) is 3.25. The normalized spacial score (nSPS) is 21.8. The van der Waals surface area contributed by atoms with Crippen molar-refractivity contribution in [1.29, 1.82) is 0 Å². The summed E-state index contributed by atoms with van der Waals surface area (Å²) in [6.45, 7) is 5.49. The first kappa shape index (κ1) is 15.7. The number of nitrogens with two attached hydrogens (primary N) is 1. The number of aliphatic hydroxyl groups is 1. The first-order valence-corrected chi connectivity index (χ1v) is 7.65. The highest BCUT2D eigenvalue weighted by Crippen LogP contribution is 2.32. The molecule has 1 aliphatic heterocycles. The first-order chi connectivity index (χ1) is 9.32. The second-order valence-corrected chi connectivity index (χ2v) is 6.89. The van der Waals surface area contributed by atoms with Crippen LogP contribution in [0, 0.1) is 0 Å². The fraction of sp³-hybridized carbons (Fsp3) is 0.500. The highest BCUT2D eigenvalue weighted by Gasteiger charge is 2.33. The van der Waals surface area contributed by atoms with Gasteiger partial charge in [-0.15, -0.1) is 0 Å². The van der Waals surface area contributed by atoms with Crippen LogP contribution in [0.1, 0.15) is 19.4 Å². The monoisotopic (exact) mass is 358 g/mol. The lowest BCUT2D eigenvalue weighted by Gasteiger charge is -2.43. The zero-order chi connectivity index (χ0) is 14.9. The third kappa shape index (κ3) is 3.49. The highest BCUT2D eigenvalue weighted by molar-refractivity contribution is 9.10. The second-order valence-electron chi connectivity index (χ2n) is 5.59. The Balaban J connectivity index is 2.28. The van der Waals surface area contributed by atoms with E-state index >= 15 is 0 Å². The summed E-state index contributed by atoms with van der Waals surface area (Å²) in [4.78, 5) is 2.59. The largest absolute Gasteiger partial charge is 0.394 e. The summed E-state index contributed by atoms with van der Waals surface area (Å²) < 4.78 is 6.77. The van der Waals surface area contributed by atoms with E-state index in [1.807, 2.05) is 32.0 Å². The number of rotatable bonds is 3. The van der Waals surface area contributed by atoms with Gasteiger partial charge in [-0.2, -0.15) is 0 Å². The zero-order valence-electron chi connectivity index (χ0n) is 11.6. The van der Waals surface area contributed by atoms with Crippen LogP contribution in [0.4, 0.5) is 5.69 Å². The number of nitrogens with zero attached hydrogens (tertiary/aromatic N) is 1. The molecule has 20 heavy (non-hydrogen) atoms. The van der Waals surface area contributed by atoms with Crippen LogP contribution in [-0.4, -0.2) is 41.5 Å². The average molecular weight is 359 g/mol. The molecule has 0 aromatic heterocycles. The lowest BCUT2D eigenvalue weighted by molar-refractivity contribution is -0.101. The number of halogens is 1.